The summed E-state index contributed by atoms with van der Waals surface area (Å²) in [6, 6.07) is 9.20. The SMILES string of the molecule is N#C/C(=C(/Cl)c1ccc(Cl)s1)c1cccnc1. The third kappa shape index (κ3) is 2.67. The van der Waals surface area contributed by atoms with Gasteiger partial charge in [-0.25, -0.2) is 0 Å². The summed E-state index contributed by atoms with van der Waals surface area (Å²) >= 11 is 13.4. The van der Waals surface area contributed by atoms with Crippen molar-refractivity contribution in [1.29, 1.82) is 5.26 Å². The number of allylic oxidation sites excluding steroid dienone is 1. The van der Waals surface area contributed by atoms with Gasteiger partial charge in [-0.3, -0.25) is 4.98 Å². The molecule has 0 aromatic carbocycles. The first-order valence-corrected chi connectivity index (χ1v) is 6.25. The molecule has 0 aliphatic carbocycles. The Morgan fingerprint density at radius 1 is 1.35 bits per heavy atom. The first-order valence-electron chi connectivity index (χ1n) is 4.68. The highest BCUT2D eigenvalue weighted by molar-refractivity contribution is 7.18. The van der Waals surface area contributed by atoms with Crippen molar-refractivity contribution < 1.29 is 0 Å². The summed E-state index contributed by atoms with van der Waals surface area (Å²) in [5.41, 5.74) is 1.10. The number of halogens is 2. The summed E-state index contributed by atoms with van der Waals surface area (Å²) in [6.45, 7) is 0. The first kappa shape index (κ1) is 12.1. The monoisotopic (exact) mass is 280 g/mol. The van der Waals surface area contributed by atoms with Gasteiger partial charge in [-0.05, 0) is 18.2 Å². The molecule has 2 aromatic heterocycles. The standard InChI is InChI=1S/C12H6Cl2N2S/c13-11-4-3-10(17-11)12(14)9(6-15)8-2-1-5-16-7-8/h1-5,7H/b12-9-. The van der Waals surface area contributed by atoms with Gasteiger partial charge >= 0.3 is 0 Å². The third-order valence-corrected chi connectivity index (χ3v) is 3.82. The maximum Gasteiger partial charge on any atom is 0.101 e. The lowest BCUT2D eigenvalue weighted by atomic mass is 10.1. The fourth-order valence-corrected chi connectivity index (χ4v) is 2.62. The molecule has 0 saturated carbocycles. The van der Waals surface area contributed by atoms with Crippen molar-refractivity contribution >= 4 is 45.1 Å². The van der Waals surface area contributed by atoms with Crippen molar-refractivity contribution in [3.8, 4) is 6.07 Å². The van der Waals surface area contributed by atoms with E-state index >= 15 is 0 Å². The van der Waals surface area contributed by atoms with E-state index in [9.17, 15) is 0 Å². The van der Waals surface area contributed by atoms with Crippen molar-refractivity contribution in [1.82, 2.24) is 4.98 Å². The lowest BCUT2D eigenvalue weighted by molar-refractivity contribution is 1.31. The molecule has 2 rings (SSSR count). The molecule has 2 heterocycles. The van der Waals surface area contributed by atoms with Crippen LogP contribution in [0.5, 0.6) is 0 Å². The van der Waals surface area contributed by atoms with Crippen LogP contribution >= 0.6 is 34.5 Å². The van der Waals surface area contributed by atoms with E-state index in [0.29, 0.717) is 20.5 Å². The fourth-order valence-electron chi connectivity index (χ4n) is 1.31. The zero-order valence-electron chi connectivity index (χ0n) is 8.52. The fraction of sp³-hybridized carbons (Fsp3) is 0. The zero-order chi connectivity index (χ0) is 12.3. The predicted molar refractivity (Wildman–Crippen MR) is 71.8 cm³/mol. The van der Waals surface area contributed by atoms with Crippen LogP contribution in [0.4, 0.5) is 0 Å². The molecular formula is C12H6Cl2N2S. The van der Waals surface area contributed by atoms with Gasteiger partial charge in [0.15, 0.2) is 0 Å². The molecule has 17 heavy (non-hydrogen) atoms. The Labute approximate surface area is 113 Å². The quantitative estimate of drug-likeness (QED) is 0.763. The molecule has 2 nitrogen and oxygen atoms in total. The Hall–Kier alpha value is -1.34. The molecule has 0 atom stereocenters. The largest absolute Gasteiger partial charge is 0.264 e. The molecular weight excluding hydrogens is 275 g/mol. The molecule has 0 fully saturated rings. The Morgan fingerprint density at radius 2 is 2.18 bits per heavy atom. The van der Waals surface area contributed by atoms with E-state index in [1.807, 2.05) is 0 Å². The van der Waals surface area contributed by atoms with Crippen LogP contribution in [0.15, 0.2) is 36.7 Å². The molecule has 0 N–H and O–H groups in total. The maximum absolute atomic E-state index is 9.17. The van der Waals surface area contributed by atoms with Gasteiger partial charge < -0.3 is 0 Å². The second-order valence-corrected chi connectivity index (χ2v) is 5.24. The van der Waals surface area contributed by atoms with Gasteiger partial charge in [-0.1, -0.05) is 29.3 Å². The Balaban J connectivity index is 2.52. The van der Waals surface area contributed by atoms with Crippen LogP contribution in [0.1, 0.15) is 10.4 Å². The third-order valence-electron chi connectivity index (χ3n) is 2.07. The normalized spacial score (nSPS) is 11.8. The van der Waals surface area contributed by atoms with Crippen molar-refractivity contribution in [3.63, 3.8) is 0 Å². The second-order valence-electron chi connectivity index (χ2n) is 3.15. The minimum absolute atomic E-state index is 0.400. The molecule has 0 unspecified atom stereocenters. The summed E-state index contributed by atoms with van der Waals surface area (Å²) in [4.78, 5) is 4.74. The molecule has 0 radical (unpaired) electrons. The second kappa shape index (κ2) is 5.33. The minimum atomic E-state index is 0.400. The van der Waals surface area contributed by atoms with E-state index in [2.05, 4.69) is 11.1 Å². The number of nitrogens with zero attached hydrogens (tertiary/aromatic N) is 2. The molecule has 0 amide bonds. The molecule has 0 saturated heterocycles. The van der Waals surface area contributed by atoms with Gasteiger partial charge in [0.1, 0.15) is 6.07 Å². The zero-order valence-corrected chi connectivity index (χ0v) is 10.9. The van der Waals surface area contributed by atoms with E-state index in [1.54, 1.807) is 36.7 Å². The lowest BCUT2D eigenvalue weighted by Gasteiger charge is -2.01. The first-order chi connectivity index (χ1) is 8.22. The van der Waals surface area contributed by atoms with Crippen LogP contribution in [-0.2, 0) is 0 Å². The highest BCUT2D eigenvalue weighted by Gasteiger charge is 2.11. The minimum Gasteiger partial charge on any atom is -0.264 e. The van der Waals surface area contributed by atoms with Gasteiger partial charge in [-0.2, -0.15) is 5.26 Å². The summed E-state index contributed by atoms with van der Waals surface area (Å²) in [5.74, 6) is 0. The number of rotatable bonds is 2. The van der Waals surface area contributed by atoms with E-state index < -0.39 is 0 Å². The summed E-state index contributed by atoms with van der Waals surface area (Å²) < 4.78 is 0.640. The van der Waals surface area contributed by atoms with E-state index in [1.165, 1.54) is 11.3 Å². The number of hydrogen-bond acceptors (Lipinski definition) is 3. The lowest BCUT2D eigenvalue weighted by Crippen LogP contribution is -1.85. The van der Waals surface area contributed by atoms with Gasteiger partial charge in [-0.15, -0.1) is 11.3 Å². The number of thiophene rings is 1. The summed E-state index contributed by atoms with van der Waals surface area (Å²) in [7, 11) is 0. The highest BCUT2D eigenvalue weighted by Crippen LogP contribution is 2.34. The van der Waals surface area contributed by atoms with Crippen LogP contribution in [0.2, 0.25) is 4.34 Å². The number of hydrogen-bond donors (Lipinski definition) is 0. The van der Waals surface area contributed by atoms with Crippen molar-refractivity contribution in [3.05, 3.63) is 51.4 Å². The Bertz CT molecular complexity index is 596. The van der Waals surface area contributed by atoms with Crippen LogP contribution < -0.4 is 0 Å². The smallest absolute Gasteiger partial charge is 0.101 e. The van der Waals surface area contributed by atoms with Crippen LogP contribution in [0.3, 0.4) is 0 Å². The molecule has 0 aliphatic rings. The maximum atomic E-state index is 9.17. The number of nitriles is 1. The van der Waals surface area contributed by atoms with E-state index in [4.69, 9.17) is 28.5 Å². The molecule has 0 bridgehead atoms. The van der Waals surface area contributed by atoms with E-state index in [-0.39, 0.29) is 0 Å². The Morgan fingerprint density at radius 3 is 2.71 bits per heavy atom. The van der Waals surface area contributed by atoms with Crippen LogP contribution in [-0.4, -0.2) is 4.98 Å². The topological polar surface area (TPSA) is 36.7 Å². The van der Waals surface area contributed by atoms with Gasteiger partial charge in [0, 0.05) is 22.8 Å². The molecule has 0 spiro atoms. The van der Waals surface area contributed by atoms with Gasteiger partial charge in [0.05, 0.1) is 14.9 Å². The highest BCUT2D eigenvalue weighted by atomic mass is 35.5. The van der Waals surface area contributed by atoms with Crippen LogP contribution in [0, 0.1) is 11.3 Å². The summed E-state index contributed by atoms with van der Waals surface area (Å²) in [6.07, 6.45) is 3.25. The predicted octanol–water partition coefficient (Wildman–Crippen LogP) is 4.43. The molecule has 0 aliphatic heterocycles. The molecule has 5 heteroatoms. The van der Waals surface area contributed by atoms with Crippen molar-refractivity contribution in [2.24, 2.45) is 0 Å². The number of aromatic nitrogens is 1. The molecule has 84 valence electrons. The van der Waals surface area contributed by atoms with Crippen molar-refractivity contribution in [2.45, 2.75) is 0 Å². The van der Waals surface area contributed by atoms with Gasteiger partial charge in [0.2, 0.25) is 0 Å². The average Bonchev–Trinajstić information content (AvgIpc) is 2.78. The Kier molecular flexibility index (Phi) is 3.80. The molecule has 2 aromatic rings. The summed E-state index contributed by atoms with van der Waals surface area (Å²) in [5, 5.41) is 9.57. The number of pyridine rings is 1. The van der Waals surface area contributed by atoms with Crippen LogP contribution in [0.25, 0.3) is 10.6 Å². The van der Waals surface area contributed by atoms with Gasteiger partial charge in [0.25, 0.3) is 0 Å². The average molecular weight is 281 g/mol. The van der Waals surface area contributed by atoms with Crippen molar-refractivity contribution in [2.75, 3.05) is 0 Å². The van der Waals surface area contributed by atoms with E-state index in [0.717, 1.165) is 4.88 Å².